The molecule has 0 atom stereocenters. The summed E-state index contributed by atoms with van der Waals surface area (Å²) in [7, 11) is 0. The number of rotatable bonds is 1. The van der Waals surface area contributed by atoms with E-state index in [0.717, 1.165) is 0 Å². The molecule has 8 heteroatoms. The SMILES string of the molecule is O=C([O-])c1ccccc1.O=[N+]([O-])[O-].[K+].[Na+]. The van der Waals surface area contributed by atoms with Crippen molar-refractivity contribution in [2.75, 3.05) is 0 Å². The third-order valence-corrected chi connectivity index (χ3v) is 1.01. The fourth-order valence-corrected chi connectivity index (χ4v) is 0.574. The number of aromatic carboxylic acids is 1. The Hall–Kier alpha value is 0.526. The summed E-state index contributed by atoms with van der Waals surface area (Å²) in [6.07, 6.45) is 0. The van der Waals surface area contributed by atoms with Gasteiger partial charge in [-0.3, -0.25) is 0 Å². The number of carboxylic acids is 1. The van der Waals surface area contributed by atoms with Gasteiger partial charge in [0.1, 0.15) is 0 Å². The Kier molecular flexibility index (Phi) is 17.5. The Morgan fingerprint density at radius 1 is 1.13 bits per heavy atom. The van der Waals surface area contributed by atoms with Gasteiger partial charge in [0, 0.05) is 0 Å². The van der Waals surface area contributed by atoms with Crippen LogP contribution in [0.3, 0.4) is 0 Å². The average Bonchev–Trinajstić information content (AvgIpc) is 2.05. The van der Waals surface area contributed by atoms with Crippen molar-refractivity contribution in [2.45, 2.75) is 0 Å². The molecule has 0 amide bonds. The number of carbonyl (C=O) groups is 1. The summed E-state index contributed by atoms with van der Waals surface area (Å²) >= 11 is 0. The second-order valence-corrected chi connectivity index (χ2v) is 1.88. The zero-order chi connectivity index (χ0) is 10.3. The zero-order valence-electron chi connectivity index (χ0n) is 8.38. The second-order valence-electron chi connectivity index (χ2n) is 1.88. The first-order valence-electron chi connectivity index (χ1n) is 3.12. The molecule has 0 bridgehead atoms. The predicted molar refractivity (Wildman–Crippen MR) is 41.1 cm³/mol. The summed E-state index contributed by atoms with van der Waals surface area (Å²) in [6.45, 7) is 0. The minimum Gasteiger partial charge on any atom is -0.545 e. The molecule has 0 unspecified atom stereocenters. The zero-order valence-corrected chi connectivity index (χ0v) is 13.5. The van der Waals surface area contributed by atoms with Crippen LogP contribution in [0.25, 0.3) is 0 Å². The van der Waals surface area contributed by atoms with E-state index in [-0.39, 0.29) is 86.5 Å². The maximum atomic E-state index is 10.1. The average molecular weight is 245 g/mol. The molecule has 0 saturated heterocycles. The van der Waals surface area contributed by atoms with E-state index in [0.29, 0.717) is 0 Å². The molecule has 0 aromatic heterocycles. The second kappa shape index (κ2) is 12.6. The molecule has 6 nitrogen and oxygen atoms in total. The number of benzene rings is 1. The molecule has 0 saturated carbocycles. The molecule has 0 heterocycles. The van der Waals surface area contributed by atoms with E-state index < -0.39 is 11.1 Å². The van der Waals surface area contributed by atoms with Crippen LogP contribution < -0.4 is 86.0 Å². The Morgan fingerprint density at radius 2 is 1.47 bits per heavy atom. The molecule has 1 aromatic rings. The van der Waals surface area contributed by atoms with Crippen molar-refractivity contribution in [3.05, 3.63) is 51.2 Å². The molecular weight excluding hydrogens is 240 g/mol. The van der Waals surface area contributed by atoms with Crippen molar-refractivity contribution >= 4 is 5.97 Å². The molecule has 0 N–H and O–H groups in total. The van der Waals surface area contributed by atoms with Crippen molar-refractivity contribution in [1.29, 1.82) is 0 Å². The van der Waals surface area contributed by atoms with Crippen molar-refractivity contribution in [1.82, 2.24) is 0 Å². The van der Waals surface area contributed by atoms with E-state index in [1.54, 1.807) is 18.2 Å². The van der Waals surface area contributed by atoms with Gasteiger partial charge in [0.15, 0.2) is 0 Å². The number of carboxylic acid groups (broad SMARTS) is 1. The summed E-state index contributed by atoms with van der Waals surface area (Å²) < 4.78 is 0. The molecular formula is C7H5KNNaO5. The maximum Gasteiger partial charge on any atom is 1.00 e. The van der Waals surface area contributed by atoms with Gasteiger partial charge in [0.2, 0.25) is 0 Å². The van der Waals surface area contributed by atoms with Gasteiger partial charge in [-0.1, -0.05) is 30.3 Å². The molecule has 1 rings (SSSR count). The van der Waals surface area contributed by atoms with Crippen LogP contribution in [0.2, 0.25) is 0 Å². The molecule has 0 fully saturated rings. The van der Waals surface area contributed by atoms with Gasteiger partial charge in [-0.2, -0.15) is 0 Å². The minimum absolute atomic E-state index is 0. The van der Waals surface area contributed by atoms with Crippen LogP contribution in [0, 0.1) is 15.3 Å². The number of hydrogen-bond acceptors (Lipinski definition) is 5. The molecule has 0 spiro atoms. The summed E-state index contributed by atoms with van der Waals surface area (Å²) in [5.41, 5.74) is 0.220. The van der Waals surface area contributed by atoms with Crippen LogP contribution in [-0.4, -0.2) is 11.1 Å². The van der Waals surface area contributed by atoms with Crippen LogP contribution >= 0.6 is 0 Å². The molecule has 0 aliphatic carbocycles. The maximum absolute atomic E-state index is 10.1. The van der Waals surface area contributed by atoms with E-state index in [2.05, 4.69) is 0 Å². The standard InChI is InChI=1S/C7H6O2.K.NO3.Na/c8-7(9)6-4-2-1-3-5-6;;2-1(3)4;/h1-5H,(H,8,9);;;/q;+1;-1;+1/p-1. The number of nitrogens with zero attached hydrogens (tertiary/aromatic N) is 1. The van der Waals surface area contributed by atoms with E-state index in [1.807, 2.05) is 0 Å². The van der Waals surface area contributed by atoms with Crippen molar-refractivity contribution in [3.63, 3.8) is 0 Å². The third kappa shape index (κ3) is 14.5. The van der Waals surface area contributed by atoms with E-state index >= 15 is 0 Å². The van der Waals surface area contributed by atoms with E-state index in [1.165, 1.54) is 12.1 Å². The Morgan fingerprint density at radius 3 is 1.67 bits per heavy atom. The van der Waals surface area contributed by atoms with Gasteiger partial charge < -0.3 is 25.2 Å². The van der Waals surface area contributed by atoms with Gasteiger partial charge in [-0.05, 0) is 5.56 Å². The monoisotopic (exact) mass is 245 g/mol. The van der Waals surface area contributed by atoms with Gasteiger partial charge in [0.05, 0.1) is 11.1 Å². The van der Waals surface area contributed by atoms with Crippen LogP contribution in [0.15, 0.2) is 30.3 Å². The first kappa shape index (κ1) is 20.9. The fourth-order valence-electron chi connectivity index (χ4n) is 0.574. The Bertz CT molecular complexity index is 291. The van der Waals surface area contributed by atoms with Crippen LogP contribution in [-0.2, 0) is 0 Å². The smallest absolute Gasteiger partial charge is 0.545 e. The Labute approximate surface area is 150 Å². The molecule has 0 aliphatic rings. The first-order chi connectivity index (χ1) is 6.04. The normalized spacial score (nSPS) is 6.93. The topological polar surface area (TPSA) is 106 Å². The van der Waals surface area contributed by atoms with Crippen molar-refractivity contribution < 1.29 is 95.9 Å². The predicted octanol–water partition coefficient (Wildman–Crippen LogP) is -6.18. The van der Waals surface area contributed by atoms with Crippen molar-refractivity contribution in [3.8, 4) is 0 Å². The van der Waals surface area contributed by atoms with Gasteiger partial charge in [-0.25, -0.2) is 0 Å². The van der Waals surface area contributed by atoms with Crippen LogP contribution in [0.5, 0.6) is 0 Å². The van der Waals surface area contributed by atoms with E-state index in [9.17, 15) is 9.90 Å². The van der Waals surface area contributed by atoms with Gasteiger partial charge in [0.25, 0.3) is 0 Å². The summed E-state index contributed by atoms with van der Waals surface area (Å²) in [4.78, 5) is 18.3. The van der Waals surface area contributed by atoms with Gasteiger partial charge in [-0.15, -0.1) is 0 Å². The third-order valence-electron chi connectivity index (χ3n) is 1.01. The van der Waals surface area contributed by atoms with Crippen LogP contribution in [0.4, 0.5) is 0 Å². The first-order valence-corrected chi connectivity index (χ1v) is 3.12. The number of hydrogen-bond donors (Lipinski definition) is 0. The summed E-state index contributed by atoms with van der Waals surface area (Å²) in [5.74, 6) is -1.13. The minimum atomic E-state index is -1.75. The summed E-state index contributed by atoms with van der Waals surface area (Å²) in [6, 6.07) is 8.06. The van der Waals surface area contributed by atoms with Crippen molar-refractivity contribution in [2.24, 2.45) is 0 Å². The molecule has 0 aliphatic heterocycles. The molecule has 0 radical (unpaired) electrons. The molecule has 15 heavy (non-hydrogen) atoms. The quantitative estimate of drug-likeness (QED) is 0.278. The molecule has 1 aromatic carbocycles. The van der Waals surface area contributed by atoms with E-state index in [4.69, 9.17) is 15.3 Å². The number of carbonyl (C=O) groups excluding carboxylic acids is 1. The Balaban J connectivity index is -0.000000213. The molecule has 70 valence electrons. The summed E-state index contributed by atoms with van der Waals surface area (Å²) in [5, 5.41) is 24.8. The fraction of sp³-hybridized carbons (Fsp3) is 0. The largest absolute Gasteiger partial charge is 1.00 e. The van der Waals surface area contributed by atoms with Crippen LogP contribution in [0.1, 0.15) is 10.4 Å². The van der Waals surface area contributed by atoms with Gasteiger partial charge >= 0.3 is 80.9 Å².